The van der Waals surface area contributed by atoms with E-state index in [9.17, 15) is 48.9 Å². The minimum Gasteiger partial charge on any atom is -0.507 e. The van der Waals surface area contributed by atoms with Crippen LogP contribution in [0.15, 0.2) is 18.2 Å². The molecule has 1 aromatic carbocycles. The SMILES string of the molecule is CCCSC[C@H]1c2cccc(O)c2C(=O)C2C(=O)[C@]3(O)C(=O)C(C(N)=O)C(=O)[C@@H](N(C)C)[C@@H]3[C@@H](OC(=O)CC(=O)O)[C@@H]21. The molecule has 42 heavy (non-hydrogen) atoms. The van der Waals surface area contributed by atoms with Gasteiger partial charge < -0.3 is 25.8 Å². The van der Waals surface area contributed by atoms with E-state index in [2.05, 4.69) is 0 Å². The molecule has 3 aliphatic carbocycles. The van der Waals surface area contributed by atoms with Gasteiger partial charge in [0.25, 0.3) is 0 Å². The van der Waals surface area contributed by atoms with Gasteiger partial charge in [0.05, 0.1) is 23.4 Å². The highest BCUT2D eigenvalue weighted by atomic mass is 32.2. The van der Waals surface area contributed by atoms with Crippen LogP contribution in [0.3, 0.4) is 0 Å². The lowest BCUT2D eigenvalue weighted by molar-refractivity contribution is -0.206. The first-order chi connectivity index (χ1) is 19.7. The summed E-state index contributed by atoms with van der Waals surface area (Å²) >= 11 is 1.45. The number of phenols is 1. The Morgan fingerprint density at radius 1 is 1.12 bits per heavy atom. The molecular weight excluding hydrogens is 572 g/mol. The number of nitrogens with two attached hydrogens (primary N) is 1. The van der Waals surface area contributed by atoms with E-state index < -0.39 is 100 Å². The van der Waals surface area contributed by atoms with Crippen LogP contribution < -0.4 is 5.73 Å². The topological polar surface area (TPSA) is 219 Å². The van der Waals surface area contributed by atoms with E-state index in [1.54, 1.807) is 6.07 Å². The van der Waals surface area contributed by atoms with Gasteiger partial charge in [-0.3, -0.25) is 38.5 Å². The lowest BCUT2D eigenvalue weighted by Gasteiger charge is -2.57. The number of likely N-dealkylation sites (N-methyl/N-ethyl adjacent to an activating group) is 1. The molecule has 0 aromatic heterocycles. The maximum absolute atomic E-state index is 14.3. The van der Waals surface area contributed by atoms with Gasteiger partial charge in [0, 0.05) is 17.6 Å². The number of aliphatic carboxylic acids is 1. The standard InChI is InChI=1S/C28H32N2O11S/c1-4-8-42-10-12-11-6-5-7-13(31)16(11)22(35)18-17(12)24(41-15(34)9-14(32)33)20-21(30(2)3)23(36)19(27(29)39)26(38)28(20,40)25(18)37/h5-7,12,17-21,24,31,40H,4,8-10H2,1-3H3,(H2,29,39)(H,32,33)/t12-,17+,18?,19?,20+,21-,24-,28-/m0/s1. The number of ether oxygens (including phenoxy) is 1. The number of Topliss-reactive ketones (excluding diaryl/α,β-unsaturated/α-hetero) is 4. The van der Waals surface area contributed by atoms with Crippen LogP contribution in [0.4, 0.5) is 0 Å². The maximum Gasteiger partial charge on any atom is 0.317 e. The lowest BCUT2D eigenvalue weighted by Crippen LogP contribution is -2.78. The van der Waals surface area contributed by atoms with E-state index in [1.807, 2.05) is 6.92 Å². The molecule has 4 rings (SSSR count). The number of carboxylic acid groups (broad SMARTS) is 1. The number of carbonyl (C=O) groups excluding carboxylic acids is 6. The van der Waals surface area contributed by atoms with Crippen molar-refractivity contribution in [2.75, 3.05) is 25.6 Å². The maximum atomic E-state index is 14.3. The summed E-state index contributed by atoms with van der Waals surface area (Å²) in [4.78, 5) is 93.3. The van der Waals surface area contributed by atoms with E-state index in [0.29, 0.717) is 11.3 Å². The average molecular weight is 605 g/mol. The number of hydrogen-bond donors (Lipinski definition) is 4. The van der Waals surface area contributed by atoms with E-state index in [0.717, 1.165) is 6.42 Å². The first-order valence-corrected chi connectivity index (χ1v) is 14.5. The van der Waals surface area contributed by atoms with Gasteiger partial charge in [-0.15, -0.1) is 0 Å². The second kappa shape index (κ2) is 11.6. The molecule has 0 radical (unpaired) electrons. The molecule has 0 spiro atoms. The first-order valence-electron chi connectivity index (χ1n) is 13.4. The second-order valence-electron chi connectivity index (χ2n) is 11.0. The molecule has 0 aliphatic heterocycles. The molecule has 226 valence electrons. The number of fused-ring (bicyclic) bond motifs is 3. The summed E-state index contributed by atoms with van der Waals surface area (Å²) in [6.45, 7) is 1.94. The average Bonchev–Trinajstić information content (AvgIpc) is 2.88. The molecule has 13 nitrogen and oxygen atoms in total. The van der Waals surface area contributed by atoms with Crippen molar-refractivity contribution in [3.63, 3.8) is 0 Å². The quantitative estimate of drug-likeness (QED) is 0.160. The fourth-order valence-electron chi connectivity index (χ4n) is 6.76. The summed E-state index contributed by atoms with van der Waals surface area (Å²) < 4.78 is 5.65. The molecular formula is C28H32N2O11S. The van der Waals surface area contributed by atoms with Gasteiger partial charge in [-0.25, -0.2) is 0 Å². The lowest BCUT2D eigenvalue weighted by atomic mass is 9.49. The number of hydrogen-bond acceptors (Lipinski definition) is 12. The number of phenolic OH excluding ortho intramolecular Hbond substituents is 1. The third kappa shape index (κ3) is 4.80. The van der Waals surface area contributed by atoms with Crippen LogP contribution in [0.1, 0.15) is 41.6 Å². The fraction of sp³-hybridized carbons (Fsp3) is 0.536. The Morgan fingerprint density at radius 2 is 1.79 bits per heavy atom. The largest absolute Gasteiger partial charge is 0.507 e. The predicted octanol–water partition coefficient (Wildman–Crippen LogP) is -0.452. The molecule has 0 saturated heterocycles. The summed E-state index contributed by atoms with van der Waals surface area (Å²) in [5.74, 6) is -16.5. The van der Waals surface area contributed by atoms with Crippen molar-refractivity contribution >= 4 is 52.7 Å². The van der Waals surface area contributed by atoms with Crippen LogP contribution in [0.25, 0.3) is 0 Å². The third-order valence-corrected chi connectivity index (χ3v) is 9.62. The Kier molecular flexibility index (Phi) is 8.63. The molecule has 1 aromatic rings. The van der Waals surface area contributed by atoms with Gasteiger partial charge >= 0.3 is 11.9 Å². The van der Waals surface area contributed by atoms with Crippen LogP contribution >= 0.6 is 11.8 Å². The summed E-state index contributed by atoms with van der Waals surface area (Å²) in [5, 5.41) is 31.9. The number of ketones is 4. The number of thioether (sulfide) groups is 1. The molecule has 14 heteroatoms. The molecule has 2 saturated carbocycles. The minimum absolute atomic E-state index is 0.193. The minimum atomic E-state index is -3.18. The number of carbonyl (C=O) groups is 7. The van der Waals surface area contributed by atoms with E-state index in [-0.39, 0.29) is 11.3 Å². The van der Waals surface area contributed by atoms with Crippen molar-refractivity contribution in [1.82, 2.24) is 4.90 Å². The number of carboxylic acids is 1. The third-order valence-electron chi connectivity index (χ3n) is 8.33. The summed E-state index contributed by atoms with van der Waals surface area (Å²) in [5.41, 5.74) is 2.33. The number of primary amides is 1. The highest BCUT2D eigenvalue weighted by molar-refractivity contribution is 7.99. The van der Waals surface area contributed by atoms with Gasteiger partial charge in [0.15, 0.2) is 34.7 Å². The van der Waals surface area contributed by atoms with Gasteiger partial charge in [-0.1, -0.05) is 19.1 Å². The summed E-state index contributed by atoms with van der Waals surface area (Å²) in [6, 6.07) is 2.76. The Labute approximate surface area is 244 Å². The first kappa shape index (κ1) is 31.3. The van der Waals surface area contributed by atoms with Crippen LogP contribution in [0.2, 0.25) is 0 Å². The van der Waals surface area contributed by atoms with E-state index in [4.69, 9.17) is 10.5 Å². The number of aliphatic hydroxyl groups is 1. The Hall–Kier alpha value is -3.62. The molecule has 2 fully saturated rings. The van der Waals surface area contributed by atoms with Crippen molar-refractivity contribution in [2.45, 2.75) is 43.4 Å². The van der Waals surface area contributed by atoms with Crippen molar-refractivity contribution < 1.29 is 53.6 Å². The zero-order valence-electron chi connectivity index (χ0n) is 23.1. The molecule has 2 unspecified atom stereocenters. The Balaban J connectivity index is 2.03. The van der Waals surface area contributed by atoms with Crippen LogP contribution in [-0.2, 0) is 33.5 Å². The summed E-state index contributed by atoms with van der Waals surface area (Å²) in [6.07, 6.45) is -2.05. The normalized spacial score (nSPS) is 32.2. The number of aromatic hydroxyl groups is 1. The van der Waals surface area contributed by atoms with Crippen molar-refractivity contribution in [3.05, 3.63) is 29.3 Å². The molecule has 0 heterocycles. The monoisotopic (exact) mass is 604 g/mol. The van der Waals surface area contributed by atoms with E-state index >= 15 is 0 Å². The molecule has 8 atom stereocenters. The van der Waals surface area contributed by atoms with Crippen molar-refractivity contribution in [2.24, 2.45) is 29.4 Å². The molecule has 1 amide bonds. The van der Waals surface area contributed by atoms with Crippen LogP contribution in [0, 0.1) is 23.7 Å². The number of benzene rings is 1. The van der Waals surface area contributed by atoms with Crippen LogP contribution in [-0.4, -0.2) is 105 Å². The van der Waals surface area contributed by atoms with Gasteiger partial charge in [-0.2, -0.15) is 11.8 Å². The zero-order chi connectivity index (χ0) is 31.3. The van der Waals surface area contributed by atoms with Gasteiger partial charge in [0.1, 0.15) is 18.3 Å². The Morgan fingerprint density at radius 3 is 2.36 bits per heavy atom. The number of nitrogens with zero attached hydrogens (tertiary/aromatic N) is 1. The number of esters is 1. The zero-order valence-corrected chi connectivity index (χ0v) is 24.0. The smallest absolute Gasteiger partial charge is 0.317 e. The second-order valence-corrected chi connectivity index (χ2v) is 12.2. The summed E-state index contributed by atoms with van der Waals surface area (Å²) in [7, 11) is 2.77. The predicted molar refractivity (Wildman–Crippen MR) is 146 cm³/mol. The van der Waals surface area contributed by atoms with Gasteiger partial charge in [0.2, 0.25) is 5.91 Å². The van der Waals surface area contributed by atoms with Crippen molar-refractivity contribution in [1.29, 1.82) is 0 Å². The highest BCUT2D eigenvalue weighted by Gasteiger charge is 2.74. The fourth-order valence-corrected chi connectivity index (χ4v) is 7.87. The molecule has 0 bridgehead atoms. The highest BCUT2D eigenvalue weighted by Crippen LogP contribution is 2.56. The van der Waals surface area contributed by atoms with Crippen LogP contribution in [0.5, 0.6) is 5.75 Å². The van der Waals surface area contributed by atoms with E-state index in [1.165, 1.54) is 42.9 Å². The van der Waals surface area contributed by atoms with Gasteiger partial charge in [-0.05, 0) is 37.9 Å². The Bertz CT molecular complexity index is 1380. The van der Waals surface area contributed by atoms with Crippen molar-refractivity contribution in [3.8, 4) is 5.75 Å². The number of rotatable bonds is 9. The molecule has 5 N–H and O–H groups in total. The molecule has 3 aliphatic rings. The number of amides is 1.